The first-order chi connectivity index (χ1) is 19.6. The van der Waals surface area contributed by atoms with Gasteiger partial charge in [0.15, 0.2) is 5.96 Å². The first-order valence-electron chi connectivity index (χ1n) is 15.0. The molecule has 2 fully saturated rings. The molecule has 1 saturated carbocycles. The van der Waals surface area contributed by atoms with Crippen molar-refractivity contribution < 1.29 is 9.13 Å². The van der Waals surface area contributed by atoms with E-state index in [1.165, 1.54) is 19.6 Å². The summed E-state index contributed by atoms with van der Waals surface area (Å²) in [4.78, 5) is 25.5. The number of anilines is 1. The molecule has 2 aromatic carbocycles. The first-order valence-corrected chi connectivity index (χ1v) is 15.0. The second-order valence-electron chi connectivity index (χ2n) is 12.8. The van der Waals surface area contributed by atoms with Gasteiger partial charge in [0.05, 0.1) is 30.4 Å². The lowest BCUT2D eigenvalue weighted by Gasteiger charge is -2.44. The van der Waals surface area contributed by atoms with Crippen LogP contribution in [0.1, 0.15) is 59.4 Å². The molecule has 8 heteroatoms. The van der Waals surface area contributed by atoms with Crippen LogP contribution in [0.25, 0.3) is 10.9 Å². The van der Waals surface area contributed by atoms with Gasteiger partial charge < -0.3 is 15.0 Å². The van der Waals surface area contributed by atoms with E-state index in [2.05, 4.69) is 49.8 Å². The number of hydrogen-bond acceptors (Lipinski definition) is 4. The second-order valence-corrected chi connectivity index (χ2v) is 12.8. The lowest BCUT2D eigenvalue weighted by molar-refractivity contribution is 0.0830. The van der Waals surface area contributed by atoms with Crippen molar-refractivity contribution in [1.29, 1.82) is 0 Å². The predicted molar refractivity (Wildman–Crippen MR) is 164 cm³/mol. The zero-order chi connectivity index (χ0) is 29.3. The van der Waals surface area contributed by atoms with E-state index >= 15 is 0 Å². The molecule has 3 aromatic rings. The minimum absolute atomic E-state index is 0.134. The number of nitrogens with one attached hydrogen (secondary N) is 1. The third-order valence-electron chi connectivity index (χ3n) is 9.69. The Morgan fingerprint density at radius 2 is 1.98 bits per heavy atom. The molecule has 1 aliphatic heterocycles. The van der Waals surface area contributed by atoms with Crippen molar-refractivity contribution in [2.45, 2.75) is 72.9 Å². The molecular weight excluding hydrogens is 517 g/mol. The van der Waals surface area contributed by atoms with Crippen LogP contribution >= 0.6 is 0 Å². The maximum absolute atomic E-state index is 14.4. The largest absolute Gasteiger partial charge is 0.497 e. The summed E-state index contributed by atoms with van der Waals surface area (Å²) in [5.74, 6) is 2.78. The summed E-state index contributed by atoms with van der Waals surface area (Å²) in [6.45, 7) is 14.1. The first kappa shape index (κ1) is 29.1. The van der Waals surface area contributed by atoms with E-state index in [9.17, 15) is 9.18 Å². The summed E-state index contributed by atoms with van der Waals surface area (Å²) >= 11 is 0. The Morgan fingerprint density at radius 1 is 1.17 bits per heavy atom. The van der Waals surface area contributed by atoms with E-state index in [4.69, 9.17) is 9.73 Å². The van der Waals surface area contributed by atoms with Crippen LogP contribution in [0.4, 0.5) is 10.1 Å². The van der Waals surface area contributed by atoms with Gasteiger partial charge in [-0.15, -0.1) is 0 Å². The lowest BCUT2D eigenvalue weighted by atomic mass is 9.63. The molecular formula is C33H44FN5O2. The Morgan fingerprint density at radius 3 is 2.68 bits per heavy atom. The Labute approximate surface area is 242 Å². The number of aliphatic imine (C=N–C) groups is 1. The number of methoxy groups -OCH3 is 1. The van der Waals surface area contributed by atoms with Crippen molar-refractivity contribution in [2.24, 2.45) is 28.2 Å². The average Bonchev–Trinajstić information content (AvgIpc) is 3.39. The van der Waals surface area contributed by atoms with E-state index in [0.717, 1.165) is 37.6 Å². The number of rotatable bonds is 6. The second kappa shape index (κ2) is 11.8. The Balaban J connectivity index is 1.36. The van der Waals surface area contributed by atoms with Crippen LogP contribution in [0.15, 0.2) is 52.5 Å². The number of ether oxygens (including phenoxy) is 1. The molecule has 0 bridgehead atoms. The van der Waals surface area contributed by atoms with Crippen LogP contribution in [0.2, 0.25) is 0 Å². The molecule has 1 aromatic heterocycles. The molecule has 41 heavy (non-hydrogen) atoms. The van der Waals surface area contributed by atoms with Crippen LogP contribution in [-0.2, 0) is 13.0 Å². The monoisotopic (exact) mass is 561 g/mol. The fraction of sp³-hybridized carbons (Fsp3) is 0.545. The average molecular weight is 562 g/mol. The number of benzene rings is 2. The summed E-state index contributed by atoms with van der Waals surface area (Å²) in [6.07, 6.45) is 5.36. The molecule has 1 unspecified atom stereocenters. The molecule has 0 radical (unpaired) electrons. The van der Waals surface area contributed by atoms with Crippen LogP contribution in [0, 0.1) is 29.0 Å². The molecule has 4 atom stereocenters. The number of hydrogen-bond donors (Lipinski definition) is 1. The standard InChI is InChI=1S/C33H44FN5O2/c1-21-12-15-38(19-21)32(37-29-11-14-33(4,5)23(3)22(29)2)36-25-8-10-27-30(17-25)35-20-39(31(27)40)16-13-24-7-9-26(41-6)18-28(24)34/h7-10,17-18,20-23,29H,11-16,19H2,1-6H3,(H,36,37)/t21-,22+,23+,29?/m1/s1. The highest BCUT2D eigenvalue weighted by Crippen LogP contribution is 2.44. The predicted octanol–water partition coefficient (Wildman–Crippen LogP) is 6.36. The highest BCUT2D eigenvalue weighted by Gasteiger charge is 2.39. The van der Waals surface area contributed by atoms with Gasteiger partial charge in [0.1, 0.15) is 11.6 Å². The van der Waals surface area contributed by atoms with E-state index in [1.807, 2.05) is 18.2 Å². The van der Waals surface area contributed by atoms with E-state index in [0.29, 0.717) is 58.4 Å². The van der Waals surface area contributed by atoms with Gasteiger partial charge in [-0.1, -0.05) is 40.7 Å². The number of aromatic nitrogens is 2. The van der Waals surface area contributed by atoms with Gasteiger partial charge in [0.2, 0.25) is 0 Å². The Kier molecular flexibility index (Phi) is 8.39. The number of nitrogens with zero attached hydrogens (tertiary/aromatic N) is 4. The fourth-order valence-corrected chi connectivity index (χ4v) is 6.34. The molecule has 1 saturated heterocycles. The minimum Gasteiger partial charge on any atom is -0.497 e. The molecule has 1 N–H and O–H groups in total. The molecule has 2 aliphatic rings. The topological polar surface area (TPSA) is 71.8 Å². The van der Waals surface area contributed by atoms with Crippen LogP contribution in [0.5, 0.6) is 5.75 Å². The van der Waals surface area contributed by atoms with E-state index in [-0.39, 0.29) is 17.4 Å². The van der Waals surface area contributed by atoms with Gasteiger partial charge in [-0.05, 0) is 78.7 Å². The number of likely N-dealkylation sites (tertiary alicyclic amines) is 1. The maximum Gasteiger partial charge on any atom is 0.261 e. The van der Waals surface area contributed by atoms with Crippen molar-refractivity contribution in [3.63, 3.8) is 0 Å². The van der Waals surface area contributed by atoms with Crippen molar-refractivity contribution in [2.75, 3.05) is 25.5 Å². The molecule has 1 aliphatic carbocycles. The zero-order valence-corrected chi connectivity index (χ0v) is 25.3. The number of guanidine groups is 1. The summed E-state index contributed by atoms with van der Waals surface area (Å²) < 4.78 is 21.0. The Bertz CT molecular complexity index is 1480. The van der Waals surface area contributed by atoms with Crippen molar-refractivity contribution >= 4 is 22.5 Å². The van der Waals surface area contributed by atoms with Crippen molar-refractivity contribution in [3.8, 4) is 5.75 Å². The summed E-state index contributed by atoms with van der Waals surface area (Å²) in [6, 6.07) is 10.8. The number of fused-ring (bicyclic) bond motifs is 1. The lowest BCUT2D eigenvalue weighted by Crippen LogP contribution is -2.42. The zero-order valence-electron chi connectivity index (χ0n) is 25.3. The smallest absolute Gasteiger partial charge is 0.261 e. The van der Waals surface area contributed by atoms with Crippen LogP contribution in [-0.4, -0.2) is 46.7 Å². The van der Waals surface area contributed by atoms with Crippen molar-refractivity contribution in [1.82, 2.24) is 14.5 Å². The minimum atomic E-state index is -0.340. The van der Waals surface area contributed by atoms with Gasteiger partial charge in [0, 0.05) is 31.4 Å². The fourth-order valence-electron chi connectivity index (χ4n) is 6.34. The highest BCUT2D eigenvalue weighted by atomic mass is 19.1. The van der Waals surface area contributed by atoms with Gasteiger partial charge in [0.25, 0.3) is 5.56 Å². The maximum atomic E-state index is 14.4. The van der Waals surface area contributed by atoms with Gasteiger partial charge in [-0.2, -0.15) is 0 Å². The third-order valence-corrected chi connectivity index (χ3v) is 9.69. The summed E-state index contributed by atoms with van der Waals surface area (Å²) in [5, 5.41) is 4.15. The SMILES string of the molecule is COc1ccc(CCn2cnc3cc(NC(=NC4CCC(C)(C)[C@@H](C)[C@@H]4C)N4CC[C@@H](C)C4)ccc3c2=O)c(F)c1. The molecule has 2 heterocycles. The molecule has 0 amide bonds. The molecule has 7 nitrogen and oxygen atoms in total. The quantitative estimate of drug-likeness (QED) is 0.280. The number of halogens is 1. The van der Waals surface area contributed by atoms with Crippen LogP contribution < -0.4 is 15.6 Å². The van der Waals surface area contributed by atoms with Gasteiger partial charge in [-0.3, -0.25) is 9.36 Å². The van der Waals surface area contributed by atoms with Crippen LogP contribution in [0.3, 0.4) is 0 Å². The molecule has 5 rings (SSSR count). The number of aryl methyl sites for hydroxylation is 2. The van der Waals surface area contributed by atoms with E-state index < -0.39 is 0 Å². The highest BCUT2D eigenvalue weighted by molar-refractivity contribution is 5.96. The van der Waals surface area contributed by atoms with Gasteiger partial charge in [-0.25, -0.2) is 14.4 Å². The van der Waals surface area contributed by atoms with E-state index in [1.54, 1.807) is 23.0 Å². The van der Waals surface area contributed by atoms with Crippen molar-refractivity contribution in [3.05, 3.63) is 64.5 Å². The summed E-state index contributed by atoms with van der Waals surface area (Å²) in [7, 11) is 1.51. The Hall–Kier alpha value is -3.42. The summed E-state index contributed by atoms with van der Waals surface area (Å²) in [5.41, 5.74) is 2.23. The van der Waals surface area contributed by atoms with Gasteiger partial charge >= 0.3 is 0 Å². The normalized spacial score (nSPS) is 24.6. The molecule has 0 spiro atoms. The third kappa shape index (κ3) is 6.26. The molecule has 220 valence electrons.